The molecule has 4 rings (SSSR count). The van der Waals surface area contributed by atoms with Crippen molar-refractivity contribution in [2.45, 2.75) is 38.0 Å². The number of alkyl halides is 2. The summed E-state index contributed by atoms with van der Waals surface area (Å²) in [6, 6.07) is 4.11. The molecule has 0 unspecified atom stereocenters. The number of rotatable bonds is 3. The standard InChI is InChI=1S/C19H23F2N3OS/c20-19(21)5-10-24(11-6-19)17(25)13-14-2-8-23(9-3-14)16-1-7-22-15-4-12-26-18(15)16/h1,4,7,12,14H,2-3,5-6,8-11,13H2. The Bertz CT molecular complexity index is 776. The van der Waals surface area contributed by atoms with E-state index in [1.807, 2.05) is 12.3 Å². The molecule has 4 nitrogen and oxygen atoms in total. The Morgan fingerprint density at radius 1 is 1.19 bits per heavy atom. The molecule has 26 heavy (non-hydrogen) atoms. The highest BCUT2D eigenvalue weighted by atomic mass is 32.1. The van der Waals surface area contributed by atoms with E-state index in [1.54, 1.807) is 16.2 Å². The molecule has 140 valence electrons. The van der Waals surface area contributed by atoms with Crippen LogP contribution in [0.25, 0.3) is 10.2 Å². The van der Waals surface area contributed by atoms with E-state index in [0.29, 0.717) is 12.3 Å². The molecule has 2 saturated heterocycles. The maximum absolute atomic E-state index is 13.2. The van der Waals surface area contributed by atoms with Gasteiger partial charge in [-0.25, -0.2) is 8.78 Å². The number of amides is 1. The average molecular weight is 379 g/mol. The molecule has 0 N–H and O–H groups in total. The van der Waals surface area contributed by atoms with Crippen LogP contribution >= 0.6 is 11.3 Å². The van der Waals surface area contributed by atoms with E-state index >= 15 is 0 Å². The largest absolute Gasteiger partial charge is 0.370 e. The van der Waals surface area contributed by atoms with Crippen molar-refractivity contribution in [2.24, 2.45) is 5.92 Å². The van der Waals surface area contributed by atoms with Gasteiger partial charge in [-0.05, 0) is 36.3 Å². The Balaban J connectivity index is 1.31. The minimum Gasteiger partial charge on any atom is -0.370 e. The minimum absolute atomic E-state index is 0.0449. The Morgan fingerprint density at radius 2 is 1.92 bits per heavy atom. The summed E-state index contributed by atoms with van der Waals surface area (Å²) in [6.07, 6.45) is 3.87. The molecule has 0 bridgehead atoms. The summed E-state index contributed by atoms with van der Waals surface area (Å²) >= 11 is 1.71. The number of nitrogens with zero attached hydrogens (tertiary/aromatic N) is 3. The summed E-state index contributed by atoms with van der Waals surface area (Å²) in [5, 5.41) is 2.06. The van der Waals surface area contributed by atoms with Gasteiger partial charge < -0.3 is 9.80 Å². The maximum atomic E-state index is 13.2. The number of piperidine rings is 2. The summed E-state index contributed by atoms with van der Waals surface area (Å²) in [4.78, 5) is 20.8. The van der Waals surface area contributed by atoms with E-state index in [-0.39, 0.29) is 31.8 Å². The predicted molar refractivity (Wildman–Crippen MR) is 99.9 cm³/mol. The fourth-order valence-corrected chi connectivity index (χ4v) is 4.84. The minimum atomic E-state index is -2.60. The van der Waals surface area contributed by atoms with Crippen molar-refractivity contribution in [3.8, 4) is 0 Å². The summed E-state index contributed by atoms with van der Waals surface area (Å²) in [5.41, 5.74) is 2.26. The van der Waals surface area contributed by atoms with Crippen LogP contribution in [0.4, 0.5) is 14.5 Å². The zero-order chi connectivity index (χ0) is 18.1. The second-order valence-electron chi connectivity index (χ2n) is 7.34. The highest BCUT2D eigenvalue weighted by Gasteiger charge is 2.36. The lowest BCUT2D eigenvalue weighted by molar-refractivity contribution is -0.138. The first-order valence-corrected chi connectivity index (χ1v) is 10.1. The van der Waals surface area contributed by atoms with Crippen LogP contribution in [-0.4, -0.2) is 47.9 Å². The van der Waals surface area contributed by atoms with Gasteiger partial charge >= 0.3 is 0 Å². The van der Waals surface area contributed by atoms with E-state index in [1.165, 1.54) is 10.4 Å². The van der Waals surface area contributed by atoms with Crippen molar-refractivity contribution in [3.05, 3.63) is 23.7 Å². The molecule has 0 radical (unpaired) electrons. The number of fused-ring (bicyclic) bond motifs is 1. The van der Waals surface area contributed by atoms with Gasteiger partial charge in [0.2, 0.25) is 5.91 Å². The van der Waals surface area contributed by atoms with E-state index in [0.717, 1.165) is 31.4 Å². The predicted octanol–water partition coefficient (Wildman–Crippen LogP) is 4.16. The molecule has 0 aliphatic carbocycles. The first-order valence-electron chi connectivity index (χ1n) is 9.25. The lowest BCUT2D eigenvalue weighted by Crippen LogP contribution is -2.44. The monoisotopic (exact) mass is 379 g/mol. The van der Waals surface area contributed by atoms with Crippen molar-refractivity contribution < 1.29 is 13.6 Å². The van der Waals surface area contributed by atoms with Gasteiger partial charge in [-0.1, -0.05) is 0 Å². The van der Waals surface area contributed by atoms with Crippen molar-refractivity contribution in [2.75, 3.05) is 31.1 Å². The van der Waals surface area contributed by atoms with Crippen LogP contribution in [0.2, 0.25) is 0 Å². The van der Waals surface area contributed by atoms with Gasteiger partial charge in [0, 0.05) is 51.6 Å². The Kier molecular flexibility index (Phi) is 4.82. The molecular weight excluding hydrogens is 356 g/mol. The first-order chi connectivity index (χ1) is 12.5. The maximum Gasteiger partial charge on any atom is 0.251 e. The molecule has 2 aliphatic heterocycles. The zero-order valence-corrected chi connectivity index (χ0v) is 15.5. The topological polar surface area (TPSA) is 36.4 Å². The number of halogens is 2. The van der Waals surface area contributed by atoms with Gasteiger partial charge in [-0.2, -0.15) is 0 Å². The molecule has 2 aliphatic rings. The number of likely N-dealkylation sites (tertiary alicyclic amines) is 1. The number of thiophene rings is 1. The fraction of sp³-hybridized carbons (Fsp3) is 0.579. The Hall–Kier alpha value is -1.76. The number of carbonyl (C=O) groups excluding carboxylic acids is 1. The van der Waals surface area contributed by atoms with Crippen LogP contribution in [0, 0.1) is 5.92 Å². The molecule has 0 aromatic carbocycles. The number of hydrogen-bond acceptors (Lipinski definition) is 4. The number of aromatic nitrogens is 1. The second kappa shape index (κ2) is 7.10. The SMILES string of the molecule is O=C(CC1CCN(c2ccnc3ccsc23)CC1)N1CCC(F)(F)CC1. The molecule has 0 saturated carbocycles. The highest BCUT2D eigenvalue weighted by molar-refractivity contribution is 7.17. The highest BCUT2D eigenvalue weighted by Crippen LogP contribution is 2.34. The molecule has 7 heteroatoms. The summed E-state index contributed by atoms with van der Waals surface area (Å²) in [7, 11) is 0. The zero-order valence-electron chi connectivity index (χ0n) is 14.7. The number of carbonyl (C=O) groups is 1. The fourth-order valence-electron chi connectivity index (χ4n) is 3.95. The first kappa shape index (κ1) is 17.6. The van der Waals surface area contributed by atoms with Crippen LogP contribution in [0.3, 0.4) is 0 Å². The molecule has 1 amide bonds. The third-order valence-corrected chi connectivity index (χ3v) is 6.52. The molecule has 2 fully saturated rings. The number of hydrogen-bond donors (Lipinski definition) is 0. The third-order valence-electron chi connectivity index (χ3n) is 5.59. The van der Waals surface area contributed by atoms with Gasteiger partial charge in [0.25, 0.3) is 5.92 Å². The Labute approximate surface area is 155 Å². The van der Waals surface area contributed by atoms with Gasteiger partial charge in [0.1, 0.15) is 0 Å². The Morgan fingerprint density at radius 3 is 2.65 bits per heavy atom. The third kappa shape index (κ3) is 3.68. The van der Waals surface area contributed by atoms with Gasteiger partial charge in [-0.3, -0.25) is 9.78 Å². The summed E-state index contributed by atoms with van der Waals surface area (Å²) in [6.45, 7) is 2.23. The molecule has 2 aromatic rings. The van der Waals surface area contributed by atoms with Crippen LogP contribution in [-0.2, 0) is 4.79 Å². The lowest BCUT2D eigenvalue weighted by atomic mass is 9.92. The quantitative estimate of drug-likeness (QED) is 0.803. The number of pyridine rings is 1. The smallest absolute Gasteiger partial charge is 0.251 e. The van der Waals surface area contributed by atoms with E-state index in [4.69, 9.17) is 0 Å². The normalized spacial score (nSPS) is 21.3. The van der Waals surface area contributed by atoms with Gasteiger partial charge in [0.15, 0.2) is 0 Å². The molecule has 0 spiro atoms. The summed E-state index contributed by atoms with van der Waals surface area (Å²) in [5.74, 6) is -2.20. The average Bonchev–Trinajstić information content (AvgIpc) is 3.11. The molecule has 2 aromatic heterocycles. The van der Waals surface area contributed by atoms with E-state index in [9.17, 15) is 13.6 Å². The molecular formula is C19H23F2N3OS. The van der Waals surface area contributed by atoms with Crippen molar-refractivity contribution >= 4 is 33.1 Å². The molecule has 4 heterocycles. The van der Waals surface area contributed by atoms with Crippen molar-refractivity contribution in [1.29, 1.82) is 0 Å². The van der Waals surface area contributed by atoms with E-state index < -0.39 is 5.92 Å². The summed E-state index contributed by atoms with van der Waals surface area (Å²) < 4.78 is 27.7. The molecule has 0 atom stereocenters. The van der Waals surface area contributed by atoms with Gasteiger partial charge in [-0.15, -0.1) is 11.3 Å². The van der Waals surface area contributed by atoms with Crippen molar-refractivity contribution in [3.63, 3.8) is 0 Å². The lowest BCUT2D eigenvalue weighted by Gasteiger charge is -2.36. The van der Waals surface area contributed by atoms with E-state index in [2.05, 4.69) is 21.3 Å². The van der Waals surface area contributed by atoms with Crippen molar-refractivity contribution in [1.82, 2.24) is 9.88 Å². The number of anilines is 1. The van der Waals surface area contributed by atoms with Crippen LogP contribution in [0.1, 0.15) is 32.1 Å². The van der Waals surface area contributed by atoms with Crippen LogP contribution < -0.4 is 4.90 Å². The second-order valence-corrected chi connectivity index (χ2v) is 8.25. The van der Waals surface area contributed by atoms with Gasteiger partial charge in [0.05, 0.1) is 15.9 Å². The van der Waals surface area contributed by atoms with Crippen LogP contribution in [0.15, 0.2) is 23.7 Å². The van der Waals surface area contributed by atoms with Crippen LogP contribution in [0.5, 0.6) is 0 Å².